The van der Waals surface area contributed by atoms with Crippen molar-refractivity contribution < 1.29 is 18.3 Å². The van der Waals surface area contributed by atoms with Crippen LogP contribution in [0.5, 0.6) is 0 Å². The average Bonchev–Trinajstić information content (AvgIpc) is 2.65. The third-order valence-electron chi connectivity index (χ3n) is 3.51. The first-order chi connectivity index (χ1) is 10.7. The first kappa shape index (κ1) is 17.6. The largest absolute Gasteiger partial charge is 0.396 e. The maximum atomic E-state index is 13.0. The summed E-state index contributed by atoms with van der Waals surface area (Å²) in [5, 5.41) is 7.80. The van der Waals surface area contributed by atoms with Gasteiger partial charge in [0.25, 0.3) is 15.9 Å². The van der Waals surface area contributed by atoms with Gasteiger partial charge in [-0.1, -0.05) is 30.3 Å². The van der Waals surface area contributed by atoms with Crippen molar-refractivity contribution in [3.05, 3.63) is 35.9 Å². The molecule has 0 saturated carbocycles. The Labute approximate surface area is 136 Å². The molecular weight excluding hydrogens is 316 g/mol. The summed E-state index contributed by atoms with van der Waals surface area (Å²) in [6.45, 7) is 5.20. The van der Waals surface area contributed by atoms with Crippen LogP contribution >= 0.6 is 0 Å². The van der Waals surface area contributed by atoms with Crippen molar-refractivity contribution in [1.29, 1.82) is 0 Å². The van der Waals surface area contributed by atoms with Gasteiger partial charge >= 0.3 is 0 Å². The molecule has 1 aromatic rings. The van der Waals surface area contributed by atoms with E-state index in [0.29, 0.717) is 12.0 Å². The molecule has 0 aromatic heterocycles. The van der Waals surface area contributed by atoms with Crippen LogP contribution in [-0.2, 0) is 14.8 Å². The standard InChI is InChI=1S/C16H22N2O4S/c1-16(2,3)18-15(20)13(17-10-7-11-19)14(23(18,21)22)12-8-5-4-6-9-12/h4-6,8-9,14,19H,7,10-11H2,1-3H3. The van der Waals surface area contributed by atoms with E-state index in [1.54, 1.807) is 51.1 Å². The summed E-state index contributed by atoms with van der Waals surface area (Å²) >= 11 is 0. The van der Waals surface area contributed by atoms with E-state index in [0.717, 1.165) is 4.31 Å². The van der Waals surface area contributed by atoms with Gasteiger partial charge in [-0.25, -0.2) is 12.7 Å². The summed E-state index contributed by atoms with van der Waals surface area (Å²) in [5.41, 5.74) is -0.313. The van der Waals surface area contributed by atoms with Crippen molar-refractivity contribution in [2.45, 2.75) is 38.0 Å². The van der Waals surface area contributed by atoms with Gasteiger partial charge in [0.2, 0.25) is 0 Å². The molecule has 1 saturated heterocycles. The SMILES string of the molecule is CC(C)(C)N1C(=O)C(=NCCCO)C(c2ccccc2)S1(=O)=O. The summed E-state index contributed by atoms with van der Waals surface area (Å²) in [4.78, 5) is 16.9. The minimum absolute atomic E-state index is 0.0274. The number of nitrogens with zero attached hydrogens (tertiary/aromatic N) is 2. The summed E-state index contributed by atoms with van der Waals surface area (Å²) < 4.78 is 26.9. The Morgan fingerprint density at radius 2 is 1.83 bits per heavy atom. The minimum Gasteiger partial charge on any atom is -0.396 e. The Hall–Kier alpha value is -1.73. The molecule has 1 amide bonds. The van der Waals surface area contributed by atoms with Gasteiger partial charge in [0, 0.05) is 13.2 Å². The normalized spacial score (nSPS) is 22.8. The second kappa shape index (κ2) is 6.41. The molecule has 1 aliphatic rings. The van der Waals surface area contributed by atoms with Crippen LogP contribution in [0.15, 0.2) is 35.3 Å². The van der Waals surface area contributed by atoms with E-state index in [4.69, 9.17) is 5.11 Å². The van der Waals surface area contributed by atoms with Crippen LogP contribution in [0.1, 0.15) is 38.0 Å². The molecule has 1 heterocycles. The number of carbonyl (C=O) groups excluding carboxylic acids is 1. The van der Waals surface area contributed by atoms with Crippen LogP contribution in [-0.4, -0.2) is 48.1 Å². The molecule has 1 aromatic carbocycles. The highest BCUT2D eigenvalue weighted by atomic mass is 32.2. The molecule has 0 spiro atoms. The highest BCUT2D eigenvalue weighted by Gasteiger charge is 2.54. The average molecular weight is 338 g/mol. The molecule has 6 nitrogen and oxygen atoms in total. The molecule has 0 radical (unpaired) electrons. The van der Waals surface area contributed by atoms with Gasteiger partial charge in [0.1, 0.15) is 5.71 Å². The molecule has 1 N–H and O–H groups in total. The van der Waals surface area contributed by atoms with Crippen LogP contribution in [0.3, 0.4) is 0 Å². The van der Waals surface area contributed by atoms with Gasteiger partial charge in [-0.05, 0) is 32.8 Å². The predicted molar refractivity (Wildman–Crippen MR) is 88.7 cm³/mol. The third kappa shape index (κ3) is 3.30. The Morgan fingerprint density at radius 1 is 1.22 bits per heavy atom. The van der Waals surface area contributed by atoms with E-state index in [1.807, 2.05) is 0 Å². The maximum Gasteiger partial charge on any atom is 0.283 e. The van der Waals surface area contributed by atoms with Gasteiger partial charge in [-0.2, -0.15) is 0 Å². The predicted octanol–water partition coefficient (Wildman–Crippen LogP) is 1.52. The smallest absolute Gasteiger partial charge is 0.283 e. The highest BCUT2D eigenvalue weighted by molar-refractivity contribution is 7.91. The Balaban J connectivity index is 2.59. The highest BCUT2D eigenvalue weighted by Crippen LogP contribution is 2.38. The number of aliphatic imine (C=N–C) groups is 1. The number of carbonyl (C=O) groups is 1. The molecule has 1 atom stereocenters. The number of rotatable bonds is 4. The molecule has 1 fully saturated rings. The van der Waals surface area contributed by atoms with E-state index in [-0.39, 0.29) is 18.9 Å². The lowest BCUT2D eigenvalue weighted by Crippen LogP contribution is -2.45. The molecular formula is C16H22N2O4S. The van der Waals surface area contributed by atoms with E-state index in [1.165, 1.54) is 0 Å². The van der Waals surface area contributed by atoms with Crippen LogP contribution in [0, 0.1) is 0 Å². The number of sulfonamides is 1. The van der Waals surface area contributed by atoms with Gasteiger partial charge in [0.15, 0.2) is 5.25 Å². The summed E-state index contributed by atoms with van der Waals surface area (Å²) in [6.07, 6.45) is 0.383. The van der Waals surface area contributed by atoms with Crippen molar-refractivity contribution in [3.63, 3.8) is 0 Å². The Bertz CT molecular complexity index is 705. The van der Waals surface area contributed by atoms with Crippen molar-refractivity contribution in [2.24, 2.45) is 4.99 Å². The molecule has 23 heavy (non-hydrogen) atoms. The molecule has 0 aliphatic carbocycles. The summed E-state index contributed by atoms with van der Waals surface area (Å²) in [5.74, 6) is -0.579. The first-order valence-electron chi connectivity index (χ1n) is 7.50. The van der Waals surface area contributed by atoms with Crippen LogP contribution in [0.2, 0.25) is 0 Å². The number of aliphatic hydroxyl groups is 1. The van der Waals surface area contributed by atoms with E-state index >= 15 is 0 Å². The molecule has 126 valence electrons. The van der Waals surface area contributed by atoms with Gasteiger partial charge in [0.05, 0.1) is 5.54 Å². The fourth-order valence-corrected chi connectivity index (χ4v) is 4.90. The van der Waals surface area contributed by atoms with Gasteiger partial charge in [-0.3, -0.25) is 9.79 Å². The van der Waals surface area contributed by atoms with E-state index in [2.05, 4.69) is 4.99 Å². The van der Waals surface area contributed by atoms with Crippen molar-refractivity contribution in [2.75, 3.05) is 13.2 Å². The molecule has 0 bridgehead atoms. The van der Waals surface area contributed by atoms with Gasteiger partial charge in [-0.15, -0.1) is 0 Å². The number of hydrogen-bond acceptors (Lipinski definition) is 5. The fraction of sp³-hybridized carbons (Fsp3) is 0.500. The monoisotopic (exact) mass is 338 g/mol. The van der Waals surface area contributed by atoms with Crippen molar-refractivity contribution in [1.82, 2.24) is 4.31 Å². The topological polar surface area (TPSA) is 87.0 Å². The number of aliphatic hydroxyl groups excluding tert-OH is 1. The number of hydrogen-bond donors (Lipinski definition) is 1. The lowest BCUT2D eigenvalue weighted by molar-refractivity contribution is -0.122. The van der Waals surface area contributed by atoms with Crippen molar-refractivity contribution in [3.8, 4) is 0 Å². The number of amides is 1. The number of benzene rings is 1. The minimum atomic E-state index is -3.88. The molecule has 2 rings (SSSR count). The molecule has 1 unspecified atom stereocenters. The Morgan fingerprint density at radius 3 is 2.35 bits per heavy atom. The van der Waals surface area contributed by atoms with Crippen LogP contribution in [0.4, 0.5) is 0 Å². The zero-order valence-corrected chi connectivity index (χ0v) is 14.4. The van der Waals surface area contributed by atoms with Crippen molar-refractivity contribution >= 4 is 21.6 Å². The second-order valence-corrected chi connectivity index (χ2v) is 8.29. The first-order valence-corrected chi connectivity index (χ1v) is 9.00. The maximum absolute atomic E-state index is 13.0. The lowest BCUT2D eigenvalue weighted by Gasteiger charge is -2.30. The third-order valence-corrected chi connectivity index (χ3v) is 5.83. The zero-order chi connectivity index (χ0) is 17.3. The van der Waals surface area contributed by atoms with Gasteiger partial charge < -0.3 is 5.11 Å². The lowest BCUT2D eigenvalue weighted by atomic mass is 10.1. The fourth-order valence-electron chi connectivity index (χ4n) is 2.64. The van der Waals surface area contributed by atoms with E-state index in [9.17, 15) is 13.2 Å². The van der Waals surface area contributed by atoms with Crippen LogP contribution in [0.25, 0.3) is 0 Å². The van der Waals surface area contributed by atoms with E-state index < -0.39 is 26.7 Å². The van der Waals surface area contributed by atoms with Crippen LogP contribution < -0.4 is 0 Å². The molecule has 7 heteroatoms. The molecule has 1 aliphatic heterocycles. The quantitative estimate of drug-likeness (QED) is 0.843. The summed E-state index contributed by atoms with van der Waals surface area (Å²) in [7, 11) is -3.88. The Kier molecular flexibility index (Phi) is 4.91. The zero-order valence-electron chi connectivity index (χ0n) is 13.6. The second-order valence-electron chi connectivity index (χ2n) is 6.42. The summed E-state index contributed by atoms with van der Waals surface area (Å²) in [6, 6.07) is 8.63.